The van der Waals surface area contributed by atoms with Crippen molar-refractivity contribution in [1.82, 2.24) is 20.5 Å². The first-order chi connectivity index (χ1) is 15.7. The molecule has 2 heterocycles. The Kier molecular flexibility index (Phi) is 5.73. The smallest absolute Gasteiger partial charge is 0.251 e. The minimum atomic E-state index is -0.0763. The molecule has 5 rings (SSSR count). The monoisotopic (exact) mass is 431 g/mol. The Morgan fingerprint density at radius 2 is 1.88 bits per heavy atom. The highest BCUT2D eigenvalue weighted by molar-refractivity contribution is 5.97. The maximum atomic E-state index is 12.6. The van der Waals surface area contributed by atoms with E-state index in [1.807, 2.05) is 12.1 Å². The molecular formula is C24H25N5O3. The summed E-state index contributed by atoms with van der Waals surface area (Å²) in [7, 11) is 0. The number of hydrogen-bond donors (Lipinski definition) is 1. The van der Waals surface area contributed by atoms with Gasteiger partial charge in [0.25, 0.3) is 5.91 Å². The number of rotatable bonds is 7. The van der Waals surface area contributed by atoms with Crippen molar-refractivity contribution in [1.29, 1.82) is 5.26 Å². The van der Waals surface area contributed by atoms with Gasteiger partial charge in [-0.2, -0.15) is 5.26 Å². The first kappa shape index (κ1) is 20.5. The summed E-state index contributed by atoms with van der Waals surface area (Å²) < 4.78 is 10.6. The fourth-order valence-electron chi connectivity index (χ4n) is 5.10. The number of ether oxygens (including phenoxy) is 1. The van der Waals surface area contributed by atoms with Crippen LogP contribution in [-0.2, 0) is 0 Å². The average Bonchev–Trinajstić information content (AvgIpc) is 3.38. The van der Waals surface area contributed by atoms with E-state index in [9.17, 15) is 4.79 Å². The molecule has 2 aromatic carbocycles. The predicted octanol–water partition coefficient (Wildman–Crippen LogP) is 2.86. The largest absolute Gasteiger partial charge is 0.492 e. The normalized spacial score (nSPS) is 22.5. The molecule has 2 fully saturated rings. The number of fused-ring (bicyclic) bond motifs is 3. The first-order valence-corrected chi connectivity index (χ1v) is 11.1. The van der Waals surface area contributed by atoms with Gasteiger partial charge in [0, 0.05) is 31.7 Å². The highest BCUT2D eigenvalue weighted by Gasteiger charge is 2.41. The Balaban J connectivity index is 1.10. The van der Waals surface area contributed by atoms with Gasteiger partial charge in [-0.1, -0.05) is 0 Å². The topological polar surface area (TPSA) is 104 Å². The average molecular weight is 431 g/mol. The Bertz CT molecular complexity index is 1120. The molecule has 32 heavy (non-hydrogen) atoms. The minimum Gasteiger partial charge on any atom is -0.492 e. The molecule has 1 N–H and O–H groups in total. The van der Waals surface area contributed by atoms with Gasteiger partial charge in [0.2, 0.25) is 0 Å². The van der Waals surface area contributed by atoms with Gasteiger partial charge >= 0.3 is 0 Å². The van der Waals surface area contributed by atoms with E-state index in [0.717, 1.165) is 25.4 Å². The summed E-state index contributed by atoms with van der Waals surface area (Å²) in [6, 6.07) is 14.6. The number of aromatic nitrogens is 2. The standard InChI is InChI=1S/C24H25N5O3/c25-12-16-1-6-20(7-2-16)31-10-9-29-14-18-3-4-19(15-29)21(18)13-26-24(30)17-5-8-22-23(11-17)28-32-27-22/h1-2,5-8,11,18-19,21H,3-4,9-10,13-15H2,(H,26,30). The molecule has 1 amide bonds. The lowest BCUT2D eigenvalue weighted by atomic mass is 9.85. The number of nitriles is 1. The van der Waals surface area contributed by atoms with Gasteiger partial charge in [-0.3, -0.25) is 9.69 Å². The molecule has 0 spiro atoms. The Hall–Kier alpha value is -3.44. The Morgan fingerprint density at radius 1 is 1.12 bits per heavy atom. The summed E-state index contributed by atoms with van der Waals surface area (Å²) in [5.74, 6) is 2.45. The van der Waals surface area contributed by atoms with Crippen LogP contribution in [0.4, 0.5) is 0 Å². The molecule has 2 bridgehead atoms. The SMILES string of the molecule is N#Cc1ccc(OCCN2CC3CCC(C2)C3CNC(=O)c2ccc3nonc3c2)cc1. The maximum absolute atomic E-state index is 12.6. The highest BCUT2D eigenvalue weighted by atomic mass is 16.6. The third-order valence-corrected chi connectivity index (χ3v) is 6.78. The van der Waals surface area contributed by atoms with Crippen molar-refractivity contribution in [2.45, 2.75) is 12.8 Å². The summed E-state index contributed by atoms with van der Waals surface area (Å²) in [4.78, 5) is 15.1. The molecule has 2 aliphatic rings. The van der Waals surface area contributed by atoms with E-state index in [1.165, 1.54) is 12.8 Å². The maximum Gasteiger partial charge on any atom is 0.251 e. The number of carbonyl (C=O) groups excluding carboxylic acids is 1. The van der Waals surface area contributed by atoms with Crippen molar-refractivity contribution >= 4 is 16.9 Å². The summed E-state index contributed by atoms with van der Waals surface area (Å²) >= 11 is 0. The van der Waals surface area contributed by atoms with Crippen LogP contribution >= 0.6 is 0 Å². The van der Waals surface area contributed by atoms with Crippen LogP contribution in [0.1, 0.15) is 28.8 Å². The lowest BCUT2D eigenvalue weighted by Crippen LogP contribution is -2.47. The molecule has 8 heteroatoms. The summed E-state index contributed by atoms with van der Waals surface area (Å²) in [5, 5.41) is 19.6. The van der Waals surface area contributed by atoms with Gasteiger partial charge < -0.3 is 10.1 Å². The highest BCUT2D eigenvalue weighted by Crippen LogP contribution is 2.41. The van der Waals surface area contributed by atoms with Gasteiger partial charge in [0.15, 0.2) is 0 Å². The van der Waals surface area contributed by atoms with Crippen molar-refractivity contribution in [3.05, 3.63) is 53.6 Å². The minimum absolute atomic E-state index is 0.0763. The summed E-state index contributed by atoms with van der Waals surface area (Å²) in [6.07, 6.45) is 2.43. The lowest BCUT2D eigenvalue weighted by Gasteiger charge is -2.38. The quantitative estimate of drug-likeness (QED) is 0.613. The van der Waals surface area contributed by atoms with Crippen LogP contribution in [0.25, 0.3) is 11.0 Å². The number of carbonyl (C=O) groups is 1. The van der Waals surface area contributed by atoms with Gasteiger partial charge in [-0.25, -0.2) is 4.63 Å². The van der Waals surface area contributed by atoms with E-state index in [2.05, 4.69) is 26.6 Å². The Labute approximate surface area is 186 Å². The molecule has 2 atom stereocenters. The number of likely N-dealkylation sites (tertiary alicyclic amines) is 1. The number of benzene rings is 2. The summed E-state index contributed by atoms with van der Waals surface area (Å²) in [6.45, 7) is 4.32. The third kappa shape index (κ3) is 4.30. The van der Waals surface area contributed by atoms with Gasteiger partial charge in [0.05, 0.1) is 11.6 Å². The van der Waals surface area contributed by atoms with E-state index in [4.69, 9.17) is 14.6 Å². The van der Waals surface area contributed by atoms with Crippen LogP contribution in [0.5, 0.6) is 5.75 Å². The molecule has 1 aliphatic heterocycles. The Morgan fingerprint density at radius 3 is 2.62 bits per heavy atom. The molecule has 0 radical (unpaired) electrons. The second-order valence-electron chi connectivity index (χ2n) is 8.68. The fourth-order valence-corrected chi connectivity index (χ4v) is 5.10. The van der Waals surface area contributed by atoms with Crippen LogP contribution < -0.4 is 10.1 Å². The number of amides is 1. The molecule has 3 aromatic rings. The molecule has 2 unspecified atom stereocenters. The molecule has 1 saturated carbocycles. The second-order valence-corrected chi connectivity index (χ2v) is 8.68. The van der Waals surface area contributed by atoms with Crippen molar-refractivity contribution in [2.24, 2.45) is 17.8 Å². The molecule has 1 aliphatic carbocycles. The van der Waals surface area contributed by atoms with E-state index in [1.54, 1.807) is 30.3 Å². The number of nitrogens with zero attached hydrogens (tertiary/aromatic N) is 4. The molecular weight excluding hydrogens is 406 g/mol. The third-order valence-electron chi connectivity index (χ3n) is 6.78. The van der Waals surface area contributed by atoms with Crippen molar-refractivity contribution in [2.75, 3.05) is 32.8 Å². The summed E-state index contributed by atoms with van der Waals surface area (Å²) in [5.41, 5.74) is 2.46. The zero-order chi connectivity index (χ0) is 21.9. The van der Waals surface area contributed by atoms with Crippen LogP contribution in [0.2, 0.25) is 0 Å². The van der Waals surface area contributed by atoms with E-state index in [-0.39, 0.29) is 5.91 Å². The van der Waals surface area contributed by atoms with Crippen LogP contribution in [-0.4, -0.2) is 53.9 Å². The van der Waals surface area contributed by atoms with Crippen LogP contribution in [0.3, 0.4) is 0 Å². The van der Waals surface area contributed by atoms with Crippen molar-refractivity contribution in [3.63, 3.8) is 0 Å². The number of nitrogens with one attached hydrogen (secondary N) is 1. The van der Waals surface area contributed by atoms with Gasteiger partial charge in [-0.15, -0.1) is 0 Å². The van der Waals surface area contributed by atoms with Crippen LogP contribution in [0.15, 0.2) is 47.1 Å². The zero-order valence-electron chi connectivity index (χ0n) is 17.7. The predicted molar refractivity (Wildman–Crippen MR) is 117 cm³/mol. The number of piperidine rings is 1. The fraction of sp³-hybridized carbons (Fsp3) is 0.417. The zero-order valence-corrected chi connectivity index (χ0v) is 17.7. The van der Waals surface area contributed by atoms with Crippen LogP contribution in [0, 0.1) is 29.1 Å². The molecule has 1 aromatic heterocycles. The van der Waals surface area contributed by atoms with E-state index < -0.39 is 0 Å². The molecule has 1 saturated heterocycles. The van der Waals surface area contributed by atoms with E-state index in [0.29, 0.717) is 53.1 Å². The second kappa shape index (κ2) is 8.97. The van der Waals surface area contributed by atoms with Crippen molar-refractivity contribution in [3.8, 4) is 11.8 Å². The molecule has 8 nitrogen and oxygen atoms in total. The first-order valence-electron chi connectivity index (χ1n) is 11.1. The number of hydrogen-bond acceptors (Lipinski definition) is 7. The van der Waals surface area contributed by atoms with E-state index >= 15 is 0 Å². The lowest BCUT2D eigenvalue weighted by molar-refractivity contribution is 0.0831. The molecule has 164 valence electrons. The van der Waals surface area contributed by atoms with Crippen molar-refractivity contribution < 1.29 is 14.2 Å². The van der Waals surface area contributed by atoms with Gasteiger partial charge in [0.1, 0.15) is 23.4 Å². The van der Waals surface area contributed by atoms with Gasteiger partial charge in [-0.05, 0) is 83.4 Å².